The van der Waals surface area contributed by atoms with Gasteiger partial charge in [0.2, 0.25) is 0 Å². The quantitative estimate of drug-likeness (QED) is 0.854. The maximum Gasteiger partial charge on any atom is 0.257 e. The van der Waals surface area contributed by atoms with Crippen molar-refractivity contribution in [3.8, 4) is 0 Å². The van der Waals surface area contributed by atoms with Crippen molar-refractivity contribution in [2.24, 2.45) is 5.73 Å². The summed E-state index contributed by atoms with van der Waals surface area (Å²) in [6, 6.07) is 4.24. The first-order valence-corrected chi connectivity index (χ1v) is 8.14. The predicted octanol–water partition coefficient (Wildman–Crippen LogP) is 3.11. The summed E-state index contributed by atoms with van der Waals surface area (Å²) in [5, 5.41) is 3.27. The van der Waals surface area contributed by atoms with E-state index in [9.17, 15) is 9.18 Å². The number of carbonyl (C=O) groups is 1. The predicted molar refractivity (Wildman–Crippen MR) is 84.2 cm³/mol. The van der Waals surface area contributed by atoms with Crippen molar-refractivity contribution in [2.45, 2.75) is 25.3 Å². The van der Waals surface area contributed by atoms with E-state index in [1.165, 1.54) is 23.5 Å². The maximum absolute atomic E-state index is 13.3. The van der Waals surface area contributed by atoms with Crippen LogP contribution in [0.5, 0.6) is 0 Å². The highest BCUT2D eigenvalue weighted by molar-refractivity contribution is 9.10. The van der Waals surface area contributed by atoms with Gasteiger partial charge in [-0.1, -0.05) is 15.9 Å². The van der Waals surface area contributed by atoms with Crippen molar-refractivity contribution in [2.75, 3.05) is 5.32 Å². The number of thiazole rings is 1. The Labute approximate surface area is 133 Å². The van der Waals surface area contributed by atoms with E-state index in [1.54, 1.807) is 6.07 Å². The Balaban J connectivity index is 1.79. The van der Waals surface area contributed by atoms with Gasteiger partial charge in [-0.3, -0.25) is 10.1 Å². The van der Waals surface area contributed by atoms with E-state index in [-0.39, 0.29) is 17.5 Å². The van der Waals surface area contributed by atoms with Crippen LogP contribution in [0, 0.1) is 5.82 Å². The highest BCUT2D eigenvalue weighted by Crippen LogP contribution is 2.29. The number of rotatable bonds is 2. The molecule has 2 aromatic rings. The highest BCUT2D eigenvalue weighted by Gasteiger charge is 2.21. The molecule has 1 aromatic heterocycles. The van der Waals surface area contributed by atoms with Gasteiger partial charge in [-0.05, 0) is 37.5 Å². The number of aromatic nitrogens is 1. The summed E-state index contributed by atoms with van der Waals surface area (Å²) in [4.78, 5) is 17.7. The fourth-order valence-electron chi connectivity index (χ4n) is 2.31. The molecule has 0 radical (unpaired) electrons. The number of benzene rings is 1. The third-order valence-corrected chi connectivity index (χ3v) is 4.82. The second-order valence-corrected chi connectivity index (χ2v) is 7.00. The van der Waals surface area contributed by atoms with Gasteiger partial charge >= 0.3 is 0 Å². The van der Waals surface area contributed by atoms with Gasteiger partial charge in [-0.2, -0.15) is 0 Å². The lowest BCUT2D eigenvalue weighted by Crippen LogP contribution is -2.27. The number of anilines is 1. The second kappa shape index (κ2) is 5.82. The lowest BCUT2D eigenvalue weighted by atomic mass is 9.99. The molecule has 0 aliphatic heterocycles. The highest BCUT2D eigenvalue weighted by atomic mass is 79.9. The third-order valence-electron chi connectivity index (χ3n) is 3.32. The van der Waals surface area contributed by atoms with Gasteiger partial charge in [-0.15, -0.1) is 11.3 Å². The van der Waals surface area contributed by atoms with Crippen LogP contribution in [0.2, 0.25) is 0 Å². The van der Waals surface area contributed by atoms with E-state index in [1.807, 2.05) is 0 Å². The smallest absolute Gasteiger partial charge is 0.257 e. The molecule has 4 nitrogen and oxygen atoms in total. The Bertz CT molecular complexity index is 683. The topological polar surface area (TPSA) is 68.0 Å². The fraction of sp³-hybridized carbons (Fsp3) is 0.286. The normalized spacial score (nSPS) is 17.4. The van der Waals surface area contributed by atoms with Gasteiger partial charge in [0.15, 0.2) is 5.13 Å². The number of fused-ring (bicyclic) bond motifs is 1. The Morgan fingerprint density at radius 3 is 3.05 bits per heavy atom. The zero-order valence-electron chi connectivity index (χ0n) is 11.0. The minimum absolute atomic E-state index is 0.167. The number of hydrogen-bond donors (Lipinski definition) is 2. The van der Waals surface area contributed by atoms with Crippen molar-refractivity contribution in [3.63, 3.8) is 0 Å². The molecule has 1 atom stereocenters. The van der Waals surface area contributed by atoms with Gasteiger partial charge in [-0.25, -0.2) is 9.37 Å². The third kappa shape index (κ3) is 3.30. The van der Waals surface area contributed by atoms with Crippen LogP contribution in [0.25, 0.3) is 0 Å². The minimum atomic E-state index is -0.459. The molecule has 0 unspecified atom stereocenters. The zero-order chi connectivity index (χ0) is 15.0. The zero-order valence-corrected chi connectivity index (χ0v) is 13.4. The summed E-state index contributed by atoms with van der Waals surface area (Å²) in [6.45, 7) is 0. The van der Waals surface area contributed by atoms with E-state index in [2.05, 4.69) is 26.2 Å². The molecule has 0 spiro atoms. The van der Waals surface area contributed by atoms with E-state index in [0.29, 0.717) is 9.60 Å². The van der Waals surface area contributed by atoms with E-state index in [0.717, 1.165) is 29.8 Å². The molecule has 1 amide bonds. The number of aryl methyl sites for hydroxylation is 1. The first-order valence-electron chi connectivity index (χ1n) is 6.53. The van der Waals surface area contributed by atoms with Gasteiger partial charge in [0, 0.05) is 21.0 Å². The average molecular weight is 370 g/mol. The van der Waals surface area contributed by atoms with E-state index < -0.39 is 5.82 Å². The summed E-state index contributed by atoms with van der Waals surface area (Å²) >= 11 is 4.61. The SMILES string of the molecule is N[C@H]1CCc2nc(NC(=O)c3cc(F)cc(Br)c3)sc2C1. The molecule has 3 rings (SSSR count). The van der Waals surface area contributed by atoms with E-state index >= 15 is 0 Å². The number of carbonyl (C=O) groups excluding carboxylic acids is 1. The molecule has 7 heteroatoms. The summed E-state index contributed by atoms with van der Waals surface area (Å²) in [7, 11) is 0. The van der Waals surface area contributed by atoms with Crippen LogP contribution in [0.1, 0.15) is 27.3 Å². The largest absolute Gasteiger partial charge is 0.327 e. The molecule has 1 aliphatic rings. The van der Waals surface area contributed by atoms with Crippen LogP contribution in [-0.2, 0) is 12.8 Å². The molecule has 1 aromatic carbocycles. The molecule has 0 fully saturated rings. The number of amides is 1. The van der Waals surface area contributed by atoms with Crippen LogP contribution in [0.3, 0.4) is 0 Å². The van der Waals surface area contributed by atoms with Crippen LogP contribution in [0.15, 0.2) is 22.7 Å². The summed E-state index contributed by atoms with van der Waals surface area (Å²) in [5.41, 5.74) is 7.20. The van der Waals surface area contributed by atoms with Crippen molar-refractivity contribution in [1.82, 2.24) is 4.98 Å². The average Bonchev–Trinajstić information content (AvgIpc) is 2.78. The molecule has 21 heavy (non-hydrogen) atoms. The van der Waals surface area contributed by atoms with Gasteiger partial charge in [0.1, 0.15) is 5.82 Å². The Morgan fingerprint density at radius 1 is 1.48 bits per heavy atom. The number of nitrogens with two attached hydrogens (primary N) is 1. The number of halogens is 2. The minimum Gasteiger partial charge on any atom is -0.327 e. The second-order valence-electron chi connectivity index (χ2n) is 5.00. The summed E-state index contributed by atoms with van der Waals surface area (Å²) in [5.74, 6) is -0.829. The molecular weight excluding hydrogens is 357 g/mol. The van der Waals surface area contributed by atoms with Crippen molar-refractivity contribution in [3.05, 3.63) is 44.6 Å². The number of nitrogens with one attached hydrogen (secondary N) is 1. The first kappa shape index (κ1) is 14.6. The van der Waals surface area contributed by atoms with Crippen molar-refractivity contribution in [1.29, 1.82) is 0 Å². The van der Waals surface area contributed by atoms with Crippen molar-refractivity contribution >= 4 is 38.3 Å². The molecular formula is C14H13BrFN3OS. The van der Waals surface area contributed by atoms with Crippen LogP contribution < -0.4 is 11.1 Å². The van der Waals surface area contributed by atoms with Crippen LogP contribution in [-0.4, -0.2) is 16.9 Å². The molecule has 110 valence electrons. The van der Waals surface area contributed by atoms with Crippen molar-refractivity contribution < 1.29 is 9.18 Å². The Hall–Kier alpha value is -1.31. The van der Waals surface area contributed by atoms with Gasteiger partial charge in [0.05, 0.1) is 5.69 Å². The molecule has 3 N–H and O–H groups in total. The Kier molecular flexibility index (Phi) is 4.05. The summed E-state index contributed by atoms with van der Waals surface area (Å²) < 4.78 is 13.8. The number of hydrogen-bond acceptors (Lipinski definition) is 4. The van der Waals surface area contributed by atoms with Gasteiger partial charge < -0.3 is 5.73 Å². The van der Waals surface area contributed by atoms with Crippen LogP contribution >= 0.6 is 27.3 Å². The lowest BCUT2D eigenvalue weighted by molar-refractivity contribution is 0.102. The van der Waals surface area contributed by atoms with E-state index in [4.69, 9.17) is 5.73 Å². The Morgan fingerprint density at radius 2 is 2.29 bits per heavy atom. The first-order chi connectivity index (χ1) is 10.0. The number of nitrogens with zero attached hydrogens (tertiary/aromatic N) is 1. The standard InChI is InChI=1S/C14H13BrFN3OS/c15-8-3-7(4-9(16)5-8)13(20)19-14-18-11-2-1-10(17)6-12(11)21-14/h3-5,10H,1-2,6,17H2,(H,18,19,20)/t10-/m0/s1. The molecule has 0 saturated heterocycles. The fourth-order valence-corrected chi connectivity index (χ4v) is 3.87. The van der Waals surface area contributed by atoms with Crippen LogP contribution in [0.4, 0.5) is 9.52 Å². The molecule has 1 heterocycles. The molecule has 0 saturated carbocycles. The lowest BCUT2D eigenvalue weighted by Gasteiger charge is -2.15. The molecule has 0 bridgehead atoms. The monoisotopic (exact) mass is 369 g/mol. The van der Waals surface area contributed by atoms with Gasteiger partial charge in [0.25, 0.3) is 5.91 Å². The summed E-state index contributed by atoms with van der Waals surface area (Å²) in [6.07, 6.45) is 2.56. The maximum atomic E-state index is 13.3. The molecule has 1 aliphatic carbocycles.